The summed E-state index contributed by atoms with van der Waals surface area (Å²) in [6.07, 6.45) is 0. The van der Waals surface area contributed by atoms with Gasteiger partial charge in [0.15, 0.2) is 5.13 Å². The topological polar surface area (TPSA) is 80.9 Å². The van der Waals surface area contributed by atoms with Crippen molar-refractivity contribution in [2.45, 2.75) is 26.8 Å². The number of hydrogen-bond acceptors (Lipinski definition) is 5. The van der Waals surface area contributed by atoms with Gasteiger partial charge in [-0.1, -0.05) is 0 Å². The van der Waals surface area contributed by atoms with Gasteiger partial charge in [-0.3, -0.25) is 15.1 Å². The van der Waals surface area contributed by atoms with Crippen molar-refractivity contribution >= 4 is 22.4 Å². The summed E-state index contributed by atoms with van der Waals surface area (Å²) in [6, 6.07) is 3.45. The van der Waals surface area contributed by atoms with E-state index in [1.54, 1.807) is 6.07 Å². The lowest BCUT2D eigenvalue weighted by Crippen LogP contribution is -2.14. The Morgan fingerprint density at radius 3 is 2.68 bits per heavy atom. The predicted octanol–water partition coefficient (Wildman–Crippen LogP) is 2.43. The maximum absolute atomic E-state index is 12.1. The van der Waals surface area contributed by atoms with Gasteiger partial charge in [-0.15, -0.1) is 11.3 Å². The quantitative estimate of drug-likeness (QED) is 0.902. The summed E-state index contributed by atoms with van der Waals surface area (Å²) in [4.78, 5) is 20.6. The number of carbonyl (C=O) groups is 1. The molecule has 0 aromatic carbocycles. The maximum atomic E-state index is 12.1. The van der Waals surface area contributed by atoms with Gasteiger partial charge in [0.2, 0.25) is 0 Å². The van der Waals surface area contributed by atoms with Crippen molar-refractivity contribution in [1.29, 1.82) is 0 Å². The molecule has 0 saturated carbocycles. The van der Waals surface area contributed by atoms with E-state index in [2.05, 4.69) is 15.3 Å². The molecule has 3 N–H and O–H groups in total. The van der Waals surface area contributed by atoms with Crippen molar-refractivity contribution in [3.63, 3.8) is 0 Å². The first-order valence-corrected chi connectivity index (χ1v) is 6.82. The van der Waals surface area contributed by atoms with E-state index >= 15 is 0 Å². The third-order valence-corrected chi connectivity index (χ3v) is 3.45. The highest BCUT2D eigenvalue weighted by atomic mass is 32.1. The first-order valence-electron chi connectivity index (χ1n) is 5.94. The molecule has 0 fully saturated rings. The molecular formula is C13H16N4OS. The van der Waals surface area contributed by atoms with E-state index < -0.39 is 0 Å². The molecule has 5 nitrogen and oxygen atoms in total. The Hall–Kier alpha value is -1.79. The minimum atomic E-state index is -0.199. The Bertz CT molecular complexity index is 606. The van der Waals surface area contributed by atoms with Crippen molar-refractivity contribution in [1.82, 2.24) is 9.97 Å². The summed E-state index contributed by atoms with van der Waals surface area (Å²) < 4.78 is 0. The Balaban J connectivity index is 2.16. The van der Waals surface area contributed by atoms with E-state index in [0.29, 0.717) is 16.4 Å². The van der Waals surface area contributed by atoms with Crippen LogP contribution in [0.3, 0.4) is 0 Å². The van der Waals surface area contributed by atoms with Crippen molar-refractivity contribution in [3.8, 4) is 0 Å². The van der Waals surface area contributed by atoms with Crippen molar-refractivity contribution < 1.29 is 4.79 Å². The largest absolute Gasteiger partial charge is 0.323 e. The van der Waals surface area contributed by atoms with Crippen LogP contribution in [-0.4, -0.2) is 15.9 Å². The van der Waals surface area contributed by atoms with Crippen LogP contribution in [0.5, 0.6) is 0 Å². The normalized spacial score (nSPS) is 12.2. The first-order chi connectivity index (χ1) is 8.97. The molecule has 2 heterocycles. The van der Waals surface area contributed by atoms with Crippen LogP contribution >= 0.6 is 11.3 Å². The fourth-order valence-electron chi connectivity index (χ4n) is 1.64. The summed E-state index contributed by atoms with van der Waals surface area (Å²) in [7, 11) is 0. The Kier molecular flexibility index (Phi) is 3.92. The second-order valence-corrected chi connectivity index (χ2v) is 5.26. The monoisotopic (exact) mass is 276 g/mol. The molecule has 0 aliphatic rings. The summed E-state index contributed by atoms with van der Waals surface area (Å²) in [5, 5.41) is 5.17. The second-order valence-electron chi connectivity index (χ2n) is 4.41. The SMILES string of the molecule is Cc1ccc(C(=O)Nc2nc(C(C)N)cs2)c(C)n1. The number of pyridine rings is 1. The van der Waals surface area contributed by atoms with E-state index in [9.17, 15) is 4.79 Å². The van der Waals surface area contributed by atoms with Crippen LogP contribution in [0.15, 0.2) is 17.5 Å². The van der Waals surface area contributed by atoms with Crippen molar-refractivity contribution in [2.24, 2.45) is 5.73 Å². The molecule has 19 heavy (non-hydrogen) atoms. The molecule has 100 valence electrons. The predicted molar refractivity (Wildman–Crippen MR) is 76.4 cm³/mol. The van der Waals surface area contributed by atoms with E-state index in [1.165, 1.54) is 11.3 Å². The molecule has 6 heteroatoms. The summed E-state index contributed by atoms with van der Waals surface area (Å²) in [5.74, 6) is -0.199. The number of anilines is 1. The van der Waals surface area contributed by atoms with Gasteiger partial charge in [0.25, 0.3) is 5.91 Å². The van der Waals surface area contributed by atoms with Gasteiger partial charge >= 0.3 is 0 Å². The standard InChI is InChI=1S/C13H16N4OS/c1-7-4-5-10(9(3)15-7)12(18)17-13-16-11(6-19-13)8(2)14/h4-6,8H,14H2,1-3H3,(H,16,17,18). The van der Waals surface area contributed by atoms with Crippen molar-refractivity contribution in [3.05, 3.63) is 40.2 Å². The Labute approximate surface area is 115 Å². The highest BCUT2D eigenvalue weighted by molar-refractivity contribution is 7.14. The summed E-state index contributed by atoms with van der Waals surface area (Å²) in [5.41, 5.74) is 8.67. The fraction of sp³-hybridized carbons (Fsp3) is 0.308. The van der Waals surface area contributed by atoms with Crippen molar-refractivity contribution in [2.75, 3.05) is 5.32 Å². The molecule has 0 saturated heterocycles. The van der Waals surface area contributed by atoms with Crippen LogP contribution in [0.2, 0.25) is 0 Å². The highest BCUT2D eigenvalue weighted by Crippen LogP contribution is 2.20. The minimum absolute atomic E-state index is 0.135. The van der Waals surface area contributed by atoms with Gasteiger partial charge in [-0.25, -0.2) is 4.98 Å². The smallest absolute Gasteiger partial charge is 0.259 e. The number of nitrogens with two attached hydrogens (primary N) is 1. The molecular weight excluding hydrogens is 260 g/mol. The third kappa shape index (κ3) is 3.15. The third-order valence-electron chi connectivity index (χ3n) is 2.68. The van der Waals surface area contributed by atoms with E-state index in [1.807, 2.05) is 32.2 Å². The van der Waals surface area contributed by atoms with E-state index in [0.717, 1.165) is 11.4 Å². The van der Waals surface area contributed by atoms with Crippen LogP contribution in [-0.2, 0) is 0 Å². The molecule has 0 spiro atoms. The molecule has 1 atom stereocenters. The van der Waals surface area contributed by atoms with Crippen LogP contribution < -0.4 is 11.1 Å². The number of amides is 1. The Morgan fingerprint density at radius 2 is 2.11 bits per heavy atom. The van der Waals surface area contributed by atoms with E-state index in [4.69, 9.17) is 5.73 Å². The zero-order valence-electron chi connectivity index (χ0n) is 11.1. The van der Waals surface area contributed by atoms with Crippen LogP contribution in [0.1, 0.15) is 40.4 Å². The molecule has 0 aliphatic heterocycles. The second kappa shape index (κ2) is 5.46. The number of hydrogen-bond donors (Lipinski definition) is 2. The first kappa shape index (κ1) is 13.6. The number of nitrogens with zero attached hydrogens (tertiary/aromatic N) is 2. The molecule has 0 bridgehead atoms. The van der Waals surface area contributed by atoms with Gasteiger partial charge in [0.05, 0.1) is 17.0 Å². The summed E-state index contributed by atoms with van der Waals surface area (Å²) in [6.45, 7) is 5.57. The molecule has 2 rings (SSSR count). The van der Waals surface area contributed by atoms with Gasteiger partial charge < -0.3 is 5.73 Å². The zero-order chi connectivity index (χ0) is 14.0. The molecule has 2 aromatic heterocycles. The average molecular weight is 276 g/mol. The molecule has 1 unspecified atom stereocenters. The molecule has 0 radical (unpaired) electrons. The number of rotatable bonds is 3. The Morgan fingerprint density at radius 1 is 1.37 bits per heavy atom. The number of nitrogens with one attached hydrogen (secondary N) is 1. The number of thiazole rings is 1. The lowest BCUT2D eigenvalue weighted by Gasteiger charge is -2.05. The average Bonchev–Trinajstić information content (AvgIpc) is 2.77. The van der Waals surface area contributed by atoms with Crippen LogP contribution in [0, 0.1) is 13.8 Å². The number of aryl methyl sites for hydroxylation is 2. The maximum Gasteiger partial charge on any atom is 0.259 e. The van der Waals surface area contributed by atoms with Gasteiger partial charge in [-0.2, -0.15) is 0 Å². The number of aromatic nitrogens is 2. The van der Waals surface area contributed by atoms with Gasteiger partial charge in [0.1, 0.15) is 0 Å². The lowest BCUT2D eigenvalue weighted by atomic mass is 10.2. The lowest BCUT2D eigenvalue weighted by molar-refractivity contribution is 0.102. The van der Waals surface area contributed by atoms with E-state index in [-0.39, 0.29) is 11.9 Å². The van der Waals surface area contributed by atoms with Crippen LogP contribution in [0.25, 0.3) is 0 Å². The molecule has 1 amide bonds. The van der Waals surface area contributed by atoms with Gasteiger partial charge in [-0.05, 0) is 32.9 Å². The molecule has 2 aromatic rings. The number of carbonyl (C=O) groups excluding carboxylic acids is 1. The highest BCUT2D eigenvalue weighted by Gasteiger charge is 2.13. The van der Waals surface area contributed by atoms with Crippen LogP contribution in [0.4, 0.5) is 5.13 Å². The fourth-order valence-corrected chi connectivity index (χ4v) is 2.45. The molecule has 0 aliphatic carbocycles. The van der Waals surface area contributed by atoms with Gasteiger partial charge in [0, 0.05) is 17.1 Å². The zero-order valence-corrected chi connectivity index (χ0v) is 11.9. The summed E-state index contributed by atoms with van der Waals surface area (Å²) >= 11 is 1.37. The minimum Gasteiger partial charge on any atom is -0.323 e.